The average molecular weight is 266 g/mol. The summed E-state index contributed by atoms with van der Waals surface area (Å²) >= 11 is 5.85. The Bertz CT molecular complexity index is 507. The standard InChI is InChI=1S/C13H16ClN3O/c1-10-9-17(7-8-18-2)13(15-10)16-12-5-3-11(14)4-6-12/h3-6,9H,7-8H2,1-2H3,(H,15,16). The van der Waals surface area contributed by atoms with Gasteiger partial charge in [0, 0.05) is 30.6 Å². The summed E-state index contributed by atoms with van der Waals surface area (Å²) in [7, 11) is 1.69. The molecule has 0 fully saturated rings. The minimum absolute atomic E-state index is 0.658. The molecule has 1 heterocycles. The van der Waals surface area contributed by atoms with Gasteiger partial charge in [0.1, 0.15) is 0 Å². The number of benzene rings is 1. The van der Waals surface area contributed by atoms with E-state index in [4.69, 9.17) is 16.3 Å². The number of halogens is 1. The Kier molecular flexibility index (Phi) is 4.23. The Morgan fingerprint density at radius 2 is 2.06 bits per heavy atom. The van der Waals surface area contributed by atoms with Crippen molar-refractivity contribution in [2.75, 3.05) is 19.0 Å². The van der Waals surface area contributed by atoms with Gasteiger partial charge in [-0.05, 0) is 31.2 Å². The molecule has 0 unspecified atom stereocenters. The molecule has 0 aliphatic carbocycles. The lowest BCUT2D eigenvalue weighted by molar-refractivity contribution is 0.188. The summed E-state index contributed by atoms with van der Waals surface area (Å²) in [5.41, 5.74) is 1.94. The molecule has 96 valence electrons. The highest BCUT2D eigenvalue weighted by molar-refractivity contribution is 6.30. The number of rotatable bonds is 5. The van der Waals surface area contributed by atoms with Crippen LogP contribution < -0.4 is 5.32 Å². The maximum atomic E-state index is 5.85. The third kappa shape index (κ3) is 3.24. The first-order chi connectivity index (χ1) is 8.69. The van der Waals surface area contributed by atoms with Crippen LogP contribution in [0.5, 0.6) is 0 Å². The average Bonchev–Trinajstić information content (AvgIpc) is 2.70. The molecule has 0 aliphatic heterocycles. The molecule has 0 spiro atoms. The topological polar surface area (TPSA) is 39.1 Å². The Hall–Kier alpha value is -1.52. The van der Waals surface area contributed by atoms with Crippen molar-refractivity contribution in [3.05, 3.63) is 41.2 Å². The molecule has 0 aliphatic rings. The highest BCUT2D eigenvalue weighted by Crippen LogP contribution is 2.18. The fourth-order valence-electron chi connectivity index (χ4n) is 1.67. The van der Waals surface area contributed by atoms with E-state index in [9.17, 15) is 0 Å². The number of aryl methyl sites for hydroxylation is 1. The van der Waals surface area contributed by atoms with E-state index in [-0.39, 0.29) is 0 Å². The summed E-state index contributed by atoms with van der Waals surface area (Å²) in [6.07, 6.45) is 2.00. The van der Waals surface area contributed by atoms with Crippen LogP contribution in [-0.4, -0.2) is 23.3 Å². The SMILES string of the molecule is COCCn1cc(C)nc1Nc1ccc(Cl)cc1. The van der Waals surface area contributed by atoms with Gasteiger partial charge < -0.3 is 14.6 Å². The highest BCUT2D eigenvalue weighted by atomic mass is 35.5. The lowest BCUT2D eigenvalue weighted by Crippen LogP contribution is -2.07. The normalized spacial score (nSPS) is 10.6. The van der Waals surface area contributed by atoms with Crippen LogP contribution in [-0.2, 0) is 11.3 Å². The molecule has 5 heteroatoms. The number of aromatic nitrogens is 2. The van der Waals surface area contributed by atoms with Crippen LogP contribution in [0.3, 0.4) is 0 Å². The van der Waals surface area contributed by atoms with Gasteiger partial charge in [-0.2, -0.15) is 0 Å². The lowest BCUT2D eigenvalue weighted by atomic mass is 10.3. The second-order valence-electron chi connectivity index (χ2n) is 4.02. The first-order valence-electron chi connectivity index (χ1n) is 5.74. The van der Waals surface area contributed by atoms with E-state index < -0.39 is 0 Å². The van der Waals surface area contributed by atoms with Gasteiger partial charge in [-0.1, -0.05) is 11.6 Å². The van der Waals surface area contributed by atoms with Crippen molar-refractivity contribution in [2.45, 2.75) is 13.5 Å². The summed E-state index contributed by atoms with van der Waals surface area (Å²) in [5.74, 6) is 0.812. The number of methoxy groups -OCH3 is 1. The van der Waals surface area contributed by atoms with Crippen LogP contribution in [0.1, 0.15) is 5.69 Å². The molecule has 1 aromatic carbocycles. The molecule has 0 saturated heterocycles. The Labute approximate surface area is 112 Å². The zero-order valence-electron chi connectivity index (χ0n) is 10.5. The van der Waals surface area contributed by atoms with E-state index in [0.717, 1.165) is 28.9 Å². The van der Waals surface area contributed by atoms with Gasteiger partial charge in [0.25, 0.3) is 0 Å². The smallest absolute Gasteiger partial charge is 0.207 e. The predicted molar refractivity (Wildman–Crippen MR) is 73.6 cm³/mol. The summed E-state index contributed by atoms with van der Waals surface area (Å²) in [5, 5.41) is 3.99. The molecule has 1 aromatic heterocycles. The summed E-state index contributed by atoms with van der Waals surface area (Å²) < 4.78 is 7.12. The van der Waals surface area contributed by atoms with Gasteiger partial charge in [0.15, 0.2) is 0 Å². The van der Waals surface area contributed by atoms with Gasteiger partial charge in [0.2, 0.25) is 5.95 Å². The molecule has 0 radical (unpaired) electrons. The van der Waals surface area contributed by atoms with Crippen LogP contribution in [0.4, 0.5) is 11.6 Å². The van der Waals surface area contributed by atoms with E-state index >= 15 is 0 Å². The van der Waals surface area contributed by atoms with Crippen molar-refractivity contribution in [2.24, 2.45) is 0 Å². The van der Waals surface area contributed by atoms with Gasteiger partial charge in [-0.25, -0.2) is 4.98 Å². The minimum atomic E-state index is 0.658. The molecule has 0 atom stereocenters. The quantitative estimate of drug-likeness (QED) is 0.902. The number of hydrogen-bond acceptors (Lipinski definition) is 3. The van der Waals surface area contributed by atoms with Crippen LogP contribution in [0.15, 0.2) is 30.5 Å². The minimum Gasteiger partial charge on any atom is -0.383 e. The van der Waals surface area contributed by atoms with Crippen LogP contribution in [0, 0.1) is 6.92 Å². The molecule has 0 saturated carbocycles. The summed E-state index contributed by atoms with van der Waals surface area (Å²) in [6, 6.07) is 7.54. The van der Waals surface area contributed by atoms with Crippen LogP contribution in [0.2, 0.25) is 5.02 Å². The molecular weight excluding hydrogens is 250 g/mol. The molecule has 0 amide bonds. The molecule has 0 bridgehead atoms. The number of hydrogen-bond donors (Lipinski definition) is 1. The molecule has 18 heavy (non-hydrogen) atoms. The maximum absolute atomic E-state index is 5.85. The number of imidazole rings is 1. The van der Waals surface area contributed by atoms with Crippen molar-refractivity contribution < 1.29 is 4.74 Å². The van der Waals surface area contributed by atoms with Gasteiger partial charge in [-0.3, -0.25) is 0 Å². The fraction of sp³-hybridized carbons (Fsp3) is 0.308. The van der Waals surface area contributed by atoms with Crippen molar-refractivity contribution in [3.63, 3.8) is 0 Å². The highest BCUT2D eigenvalue weighted by Gasteiger charge is 2.05. The van der Waals surface area contributed by atoms with E-state index in [2.05, 4.69) is 10.3 Å². The van der Waals surface area contributed by atoms with E-state index in [1.54, 1.807) is 7.11 Å². The van der Waals surface area contributed by atoms with Crippen LogP contribution in [0.25, 0.3) is 0 Å². The van der Waals surface area contributed by atoms with Crippen molar-refractivity contribution in [3.8, 4) is 0 Å². The van der Waals surface area contributed by atoms with E-state index in [1.807, 2.05) is 42.0 Å². The maximum Gasteiger partial charge on any atom is 0.207 e. The molecule has 1 N–H and O–H groups in total. The van der Waals surface area contributed by atoms with Crippen molar-refractivity contribution in [1.82, 2.24) is 9.55 Å². The van der Waals surface area contributed by atoms with Gasteiger partial charge >= 0.3 is 0 Å². The Morgan fingerprint density at radius 1 is 1.33 bits per heavy atom. The number of ether oxygens (including phenoxy) is 1. The number of nitrogens with one attached hydrogen (secondary N) is 1. The Morgan fingerprint density at radius 3 is 2.72 bits per heavy atom. The van der Waals surface area contributed by atoms with E-state index in [1.165, 1.54) is 0 Å². The molecule has 2 rings (SSSR count). The van der Waals surface area contributed by atoms with Gasteiger partial charge in [-0.15, -0.1) is 0 Å². The first kappa shape index (κ1) is 12.9. The third-order valence-corrected chi connectivity index (χ3v) is 2.79. The van der Waals surface area contributed by atoms with E-state index in [0.29, 0.717) is 6.61 Å². The molecular formula is C13H16ClN3O. The summed E-state index contributed by atoms with van der Waals surface area (Å²) in [4.78, 5) is 4.44. The monoisotopic (exact) mass is 265 g/mol. The fourth-order valence-corrected chi connectivity index (χ4v) is 1.79. The molecule has 2 aromatic rings. The zero-order valence-corrected chi connectivity index (χ0v) is 11.2. The predicted octanol–water partition coefficient (Wildman–Crippen LogP) is 3.23. The Balaban J connectivity index is 2.14. The third-order valence-electron chi connectivity index (χ3n) is 2.53. The molecule has 4 nitrogen and oxygen atoms in total. The van der Waals surface area contributed by atoms with Crippen molar-refractivity contribution in [1.29, 1.82) is 0 Å². The zero-order chi connectivity index (χ0) is 13.0. The summed E-state index contributed by atoms with van der Waals surface area (Å²) in [6.45, 7) is 3.40. The number of anilines is 2. The van der Waals surface area contributed by atoms with Gasteiger partial charge in [0.05, 0.1) is 12.3 Å². The number of nitrogens with zero attached hydrogens (tertiary/aromatic N) is 2. The van der Waals surface area contributed by atoms with Crippen molar-refractivity contribution >= 4 is 23.2 Å². The second kappa shape index (κ2) is 5.89. The van der Waals surface area contributed by atoms with Crippen LogP contribution >= 0.6 is 11.6 Å². The lowest BCUT2D eigenvalue weighted by Gasteiger charge is -2.09. The first-order valence-corrected chi connectivity index (χ1v) is 6.12. The second-order valence-corrected chi connectivity index (χ2v) is 4.46. The largest absolute Gasteiger partial charge is 0.383 e.